The third-order valence-electron chi connectivity index (χ3n) is 6.54. The summed E-state index contributed by atoms with van der Waals surface area (Å²) in [4.78, 5) is 9.95. The van der Waals surface area contributed by atoms with E-state index in [2.05, 4.69) is 0 Å². The van der Waals surface area contributed by atoms with Crippen LogP contribution in [0, 0.1) is 0 Å². The average molecular weight is 944 g/mol. The highest BCUT2D eigenvalue weighted by atomic mass is 27.0. The molecular formula is C18H4AlF35O2. The molecule has 0 atom stereocenters. The van der Waals surface area contributed by atoms with Crippen LogP contribution in [0.25, 0.3) is 0 Å². The van der Waals surface area contributed by atoms with Crippen molar-refractivity contribution in [3.8, 4) is 0 Å². The highest BCUT2D eigenvalue weighted by molar-refractivity contribution is 5.77. The highest BCUT2D eigenvalue weighted by Gasteiger charge is 3.02. The molecule has 56 heavy (non-hydrogen) atoms. The summed E-state index contributed by atoms with van der Waals surface area (Å²) in [5.74, 6) is -161. The minimum atomic E-state index is -10.4. The third kappa shape index (κ3) is 6.05. The second-order valence-corrected chi connectivity index (χ2v) is 9.99. The normalized spacial score (nSPS) is 16.8. The van der Waals surface area contributed by atoms with E-state index in [1.807, 2.05) is 0 Å². The number of hydrogen-bond donors (Lipinski definition) is 1. The molecule has 0 aromatic carbocycles. The van der Waals surface area contributed by atoms with Crippen molar-refractivity contribution >= 4 is 23.3 Å². The van der Waals surface area contributed by atoms with Gasteiger partial charge in [-0.2, -0.15) is 154 Å². The number of aliphatic carboxylic acids is 1. The third-order valence-corrected chi connectivity index (χ3v) is 6.54. The Morgan fingerprint density at radius 1 is 0.232 bits per heavy atom. The van der Waals surface area contributed by atoms with Gasteiger partial charge in [-0.25, -0.2) is 4.79 Å². The predicted molar refractivity (Wildman–Crippen MR) is 103 cm³/mol. The molecule has 0 amide bonds. The fourth-order valence-electron chi connectivity index (χ4n) is 3.07. The van der Waals surface area contributed by atoms with Crippen LogP contribution in [0.15, 0.2) is 0 Å². The Hall–Kier alpha value is -2.45. The minimum Gasteiger partial charge on any atom is -0.477 e. The van der Waals surface area contributed by atoms with Crippen molar-refractivity contribution in [2.45, 2.75) is 101 Å². The molecule has 0 aromatic rings. The van der Waals surface area contributed by atoms with Gasteiger partial charge < -0.3 is 5.11 Å². The summed E-state index contributed by atoms with van der Waals surface area (Å²) in [7, 11) is 0. The molecule has 0 radical (unpaired) electrons. The molecule has 0 fully saturated rings. The van der Waals surface area contributed by atoms with Gasteiger partial charge in [-0.3, -0.25) is 0 Å². The molecular weight excluding hydrogens is 940 g/mol. The van der Waals surface area contributed by atoms with E-state index in [0.717, 1.165) is 0 Å². The molecule has 0 rings (SSSR count). The number of carbonyl (C=O) groups is 1. The van der Waals surface area contributed by atoms with Crippen molar-refractivity contribution < 1.29 is 164 Å². The Kier molecular flexibility index (Phi) is 13.2. The zero-order chi connectivity index (χ0) is 46.1. The van der Waals surface area contributed by atoms with Gasteiger partial charge in [0.15, 0.2) is 17.4 Å². The zero-order valence-electron chi connectivity index (χ0n) is 23.1. The molecule has 2 nitrogen and oxygen atoms in total. The van der Waals surface area contributed by atoms with E-state index in [1.54, 1.807) is 0 Å². The van der Waals surface area contributed by atoms with E-state index in [4.69, 9.17) is 5.11 Å². The van der Waals surface area contributed by atoms with E-state index < -0.39 is 107 Å². The minimum absolute atomic E-state index is 0. The number of hydrogen-bond acceptors (Lipinski definition) is 1. The SMILES string of the molecule is O=C(O)C(F)(F)C(F)(F)C(F)(F)C(F)(F)C(F)(F)C(F)(F)C(F)(F)C(F)(F)C(F)(F)C(F)(F)C(F)(F)C(F)(F)C(F)(F)C(F)(F)C(F)(F)C(F)(F)C(F)(F)F.[AlH3]. The fourth-order valence-corrected chi connectivity index (χ4v) is 3.07. The summed E-state index contributed by atoms with van der Waals surface area (Å²) in [6, 6.07) is 0. The van der Waals surface area contributed by atoms with E-state index in [9.17, 15) is 158 Å². The second kappa shape index (κ2) is 13.3. The van der Waals surface area contributed by atoms with Crippen molar-refractivity contribution in [3.05, 3.63) is 0 Å². The first kappa shape index (κ1) is 55.7. The van der Waals surface area contributed by atoms with Crippen molar-refractivity contribution in [2.24, 2.45) is 0 Å². The summed E-state index contributed by atoms with van der Waals surface area (Å²) in [5, 5.41) is 7.66. The van der Waals surface area contributed by atoms with Crippen LogP contribution in [0.5, 0.6) is 0 Å². The van der Waals surface area contributed by atoms with Crippen molar-refractivity contribution in [3.63, 3.8) is 0 Å². The predicted octanol–water partition coefficient (Wildman–Crippen LogP) is 9.61. The van der Waals surface area contributed by atoms with Crippen LogP contribution < -0.4 is 0 Å². The summed E-state index contributed by atoms with van der Waals surface area (Å²) in [6.07, 6.45) is -8.44. The molecule has 1 N–H and O–H groups in total. The molecule has 0 aliphatic carbocycles. The van der Waals surface area contributed by atoms with Gasteiger partial charge in [0, 0.05) is 0 Å². The number of halogens is 35. The van der Waals surface area contributed by atoms with Gasteiger partial charge in [0.1, 0.15) is 0 Å². The first-order valence-corrected chi connectivity index (χ1v) is 11.3. The van der Waals surface area contributed by atoms with E-state index >= 15 is 0 Å². The van der Waals surface area contributed by atoms with E-state index in [-0.39, 0.29) is 17.4 Å². The standard InChI is InChI=1S/C18HF35O2.Al.3H/c19-2(20,1(54)55)3(21,22)4(23,24)5(25,26)6(27,28)7(29,30)8(31,32)9(33,34)10(35,36)11(37,38)12(39,40)13(41,42)14(43,44)15(45,46)16(47,48)17(49,50)18(51,52)53;;;;/h(H,54,55);;;;. The Morgan fingerprint density at radius 2 is 0.339 bits per heavy atom. The molecule has 0 spiro atoms. The van der Waals surface area contributed by atoms with Gasteiger partial charge >= 0.3 is 107 Å². The fraction of sp³-hybridized carbons (Fsp3) is 0.944. The summed E-state index contributed by atoms with van der Waals surface area (Å²) < 4.78 is 468. The Labute approximate surface area is 289 Å². The molecule has 0 saturated heterocycles. The van der Waals surface area contributed by atoms with Gasteiger partial charge in [0.25, 0.3) is 0 Å². The summed E-state index contributed by atoms with van der Waals surface area (Å²) >= 11 is 0. The molecule has 0 unspecified atom stereocenters. The molecule has 38 heteroatoms. The number of rotatable bonds is 16. The molecule has 0 heterocycles. The van der Waals surface area contributed by atoms with Crippen LogP contribution in [0.1, 0.15) is 0 Å². The lowest BCUT2D eigenvalue weighted by molar-refractivity contribution is -0.492. The maximum absolute atomic E-state index is 13.8. The topological polar surface area (TPSA) is 37.3 Å². The Bertz CT molecular complexity index is 1450. The van der Waals surface area contributed by atoms with Crippen LogP contribution in [-0.2, 0) is 4.79 Å². The molecule has 336 valence electrons. The molecule has 0 aliphatic rings. The van der Waals surface area contributed by atoms with Crippen LogP contribution in [0.3, 0.4) is 0 Å². The molecule has 0 saturated carbocycles. The van der Waals surface area contributed by atoms with Crippen LogP contribution in [0.4, 0.5) is 154 Å². The van der Waals surface area contributed by atoms with E-state index in [0.29, 0.717) is 0 Å². The van der Waals surface area contributed by atoms with E-state index in [1.165, 1.54) is 0 Å². The van der Waals surface area contributed by atoms with Gasteiger partial charge in [-0.1, -0.05) is 0 Å². The first-order valence-electron chi connectivity index (χ1n) is 11.3. The summed E-state index contributed by atoms with van der Waals surface area (Å²) in [6.45, 7) is 0. The van der Waals surface area contributed by atoms with Gasteiger partial charge in [-0.05, 0) is 0 Å². The average Bonchev–Trinajstić information content (AvgIpc) is 2.94. The largest absolute Gasteiger partial charge is 0.477 e. The van der Waals surface area contributed by atoms with Crippen molar-refractivity contribution in [1.82, 2.24) is 0 Å². The first-order chi connectivity index (χ1) is 22.9. The van der Waals surface area contributed by atoms with Gasteiger partial charge in [-0.15, -0.1) is 0 Å². The zero-order valence-corrected chi connectivity index (χ0v) is 23.1. The second-order valence-electron chi connectivity index (χ2n) is 9.99. The monoisotopic (exact) mass is 944 g/mol. The smallest absolute Gasteiger partial charge is 0.460 e. The number of alkyl halides is 35. The quantitative estimate of drug-likeness (QED) is 0.124. The number of carboxylic acids is 1. The molecule has 0 aliphatic heterocycles. The maximum Gasteiger partial charge on any atom is 0.460 e. The Morgan fingerprint density at radius 3 is 0.446 bits per heavy atom. The van der Waals surface area contributed by atoms with Crippen LogP contribution in [-0.4, -0.2) is 129 Å². The van der Waals surface area contributed by atoms with Gasteiger partial charge in [0.2, 0.25) is 0 Å². The lowest BCUT2D eigenvalue weighted by Gasteiger charge is -2.47. The highest BCUT2D eigenvalue weighted by Crippen LogP contribution is 2.70. The van der Waals surface area contributed by atoms with Crippen LogP contribution in [0.2, 0.25) is 0 Å². The van der Waals surface area contributed by atoms with Crippen LogP contribution >= 0.6 is 0 Å². The molecule has 0 bridgehead atoms. The van der Waals surface area contributed by atoms with Gasteiger partial charge in [0.05, 0.1) is 0 Å². The lowest BCUT2D eigenvalue weighted by atomic mass is 9.82. The maximum atomic E-state index is 13.8. The molecule has 0 aromatic heterocycles. The van der Waals surface area contributed by atoms with Crippen molar-refractivity contribution in [2.75, 3.05) is 0 Å². The number of carboxylic acid groups (broad SMARTS) is 1. The lowest BCUT2D eigenvalue weighted by Crippen LogP contribution is -2.80. The summed E-state index contributed by atoms with van der Waals surface area (Å²) in [5.41, 5.74) is 0. The van der Waals surface area contributed by atoms with Crippen molar-refractivity contribution in [1.29, 1.82) is 0 Å². The Balaban J connectivity index is 0.